The number of hydrogen-bond donors (Lipinski definition) is 0. The standard InChI is InChI=1S/C33H52O5/c1-4-7-10-13-18-35-30-23-28(33(34)38-25-29-22-26-16-17-27(29)21-26)24-31(36-19-14-11-8-5-2)32(30)37-20-15-12-9-6-3/h16-17,23-24,26-27,29H,4-15,18-22,25H2,1-3H3. The van der Waals surface area contributed by atoms with Crippen LogP contribution in [0.1, 0.15) is 121 Å². The van der Waals surface area contributed by atoms with Crippen LogP contribution in [0.5, 0.6) is 17.2 Å². The van der Waals surface area contributed by atoms with E-state index >= 15 is 0 Å². The summed E-state index contributed by atoms with van der Waals surface area (Å²) in [6.07, 6.45) is 20.4. The van der Waals surface area contributed by atoms with Crippen LogP contribution in [0.2, 0.25) is 0 Å². The molecule has 1 saturated carbocycles. The first-order chi connectivity index (χ1) is 18.7. The number of esters is 1. The third-order valence-electron chi connectivity index (χ3n) is 7.86. The summed E-state index contributed by atoms with van der Waals surface area (Å²) in [6.45, 7) is 8.90. The number of carbonyl (C=O) groups excluding carboxylic acids is 1. The normalized spacial score (nSPS) is 19.6. The second kappa shape index (κ2) is 17.4. The van der Waals surface area contributed by atoms with Gasteiger partial charge in [0.25, 0.3) is 0 Å². The van der Waals surface area contributed by atoms with Crippen molar-refractivity contribution in [2.24, 2.45) is 17.8 Å². The lowest BCUT2D eigenvalue weighted by Gasteiger charge is -2.20. The van der Waals surface area contributed by atoms with Crippen molar-refractivity contribution in [1.29, 1.82) is 0 Å². The molecule has 2 bridgehead atoms. The molecule has 2 aliphatic carbocycles. The molecular formula is C33H52O5. The Morgan fingerprint density at radius 1 is 0.711 bits per heavy atom. The number of allylic oxidation sites excluding steroid dienone is 2. The number of unbranched alkanes of at least 4 members (excludes halogenated alkanes) is 9. The summed E-state index contributed by atoms with van der Waals surface area (Å²) in [5, 5.41) is 0. The van der Waals surface area contributed by atoms with Crippen LogP contribution in [0.25, 0.3) is 0 Å². The predicted octanol–water partition coefficient (Wildman–Crippen LogP) is 8.93. The zero-order chi connectivity index (χ0) is 27.0. The first-order valence-corrected chi connectivity index (χ1v) is 15.6. The molecule has 38 heavy (non-hydrogen) atoms. The van der Waals surface area contributed by atoms with Crippen molar-refractivity contribution >= 4 is 5.97 Å². The van der Waals surface area contributed by atoms with Gasteiger partial charge in [-0.2, -0.15) is 0 Å². The Labute approximate surface area is 231 Å². The van der Waals surface area contributed by atoms with E-state index in [1.165, 1.54) is 44.9 Å². The molecule has 3 unspecified atom stereocenters. The van der Waals surface area contributed by atoms with E-state index in [1.807, 2.05) is 0 Å². The molecule has 3 rings (SSSR count). The second-order valence-electron chi connectivity index (χ2n) is 11.2. The Kier molecular flexibility index (Phi) is 13.9. The molecule has 2 aliphatic rings. The fraction of sp³-hybridized carbons (Fsp3) is 0.727. The summed E-state index contributed by atoms with van der Waals surface area (Å²) < 4.78 is 24.6. The Morgan fingerprint density at radius 3 is 1.74 bits per heavy atom. The topological polar surface area (TPSA) is 54.0 Å². The van der Waals surface area contributed by atoms with Crippen LogP contribution in [-0.2, 0) is 4.74 Å². The number of hydrogen-bond acceptors (Lipinski definition) is 5. The molecule has 1 aromatic carbocycles. The third kappa shape index (κ3) is 9.85. The van der Waals surface area contributed by atoms with Gasteiger partial charge in [-0.15, -0.1) is 0 Å². The van der Waals surface area contributed by atoms with Gasteiger partial charge in [-0.25, -0.2) is 4.79 Å². The molecule has 0 amide bonds. The lowest BCUT2D eigenvalue weighted by Crippen LogP contribution is -2.18. The fourth-order valence-electron chi connectivity index (χ4n) is 5.53. The first kappa shape index (κ1) is 30.4. The van der Waals surface area contributed by atoms with Crippen molar-refractivity contribution in [2.75, 3.05) is 26.4 Å². The van der Waals surface area contributed by atoms with Gasteiger partial charge < -0.3 is 18.9 Å². The highest BCUT2D eigenvalue weighted by Gasteiger charge is 2.36. The summed E-state index contributed by atoms with van der Waals surface area (Å²) in [7, 11) is 0. The summed E-state index contributed by atoms with van der Waals surface area (Å²) in [6, 6.07) is 3.60. The van der Waals surface area contributed by atoms with Crippen molar-refractivity contribution in [2.45, 2.75) is 111 Å². The largest absolute Gasteiger partial charge is 0.490 e. The van der Waals surface area contributed by atoms with Gasteiger partial charge in [-0.1, -0.05) is 90.7 Å². The third-order valence-corrected chi connectivity index (χ3v) is 7.86. The second-order valence-corrected chi connectivity index (χ2v) is 11.2. The molecule has 0 radical (unpaired) electrons. The van der Waals surface area contributed by atoms with Crippen molar-refractivity contribution in [3.05, 3.63) is 29.8 Å². The van der Waals surface area contributed by atoms with Gasteiger partial charge in [-0.05, 0) is 62.0 Å². The van der Waals surface area contributed by atoms with Gasteiger partial charge in [0.05, 0.1) is 32.0 Å². The van der Waals surface area contributed by atoms with E-state index in [9.17, 15) is 4.79 Å². The van der Waals surface area contributed by atoms with E-state index < -0.39 is 0 Å². The Balaban J connectivity index is 1.72. The van der Waals surface area contributed by atoms with Crippen LogP contribution in [0.4, 0.5) is 0 Å². The van der Waals surface area contributed by atoms with Crippen molar-refractivity contribution in [3.8, 4) is 17.2 Å². The quantitative estimate of drug-likeness (QED) is 0.0905. The highest BCUT2D eigenvalue weighted by molar-refractivity contribution is 5.91. The maximum atomic E-state index is 13.2. The molecule has 0 heterocycles. The van der Waals surface area contributed by atoms with Gasteiger partial charge in [0.1, 0.15) is 0 Å². The molecule has 1 fully saturated rings. The first-order valence-electron chi connectivity index (χ1n) is 15.6. The summed E-state index contributed by atoms with van der Waals surface area (Å²) in [5.41, 5.74) is 0.481. The molecular weight excluding hydrogens is 476 g/mol. The highest BCUT2D eigenvalue weighted by atomic mass is 16.5. The van der Waals surface area contributed by atoms with Crippen molar-refractivity contribution < 1.29 is 23.7 Å². The van der Waals surface area contributed by atoms with Gasteiger partial charge >= 0.3 is 5.97 Å². The molecule has 0 aliphatic heterocycles. The van der Waals surface area contributed by atoms with Crippen LogP contribution in [-0.4, -0.2) is 32.4 Å². The summed E-state index contributed by atoms with van der Waals surface area (Å²) in [4.78, 5) is 13.2. The molecule has 3 atom stereocenters. The van der Waals surface area contributed by atoms with Crippen LogP contribution in [0.15, 0.2) is 24.3 Å². The molecule has 0 N–H and O–H groups in total. The average molecular weight is 529 g/mol. The van der Waals surface area contributed by atoms with E-state index in [-0.39, 0.29) is 5.97 Å². The molecule has 0 aromatic heterocycles. The maximum absolute atomic E-state index is 13.2. The maximum Gasteiger partial charge on any atom is 0.338 e. The van der Waals surface area contributed by atoms with Gasteiger partial charge in [0.2, 0.25) is 5.75 Å². The molecule has 0 spiro atoms. The number of benzene rings is 1. The van der Waals surface area contributed by atoms with E-state index in [0.717, 1.165) is 44.9 Å². The van der Waals surface area contributed by atoms with Crippen molar-refractivity contribution in [3.63, 3.8) is 0 Å². The van der Waals surface area contributed by atoms with Crippen LogP contribution < -0.4 is 14.2 Å². The van der Waals surface area contributed by atoms with Crippen LogP contribution in [0.3, 0.4) is 0 Å². The van der Waals surface area contributed by atoms with Gasteiger partial charge in [-0.3, -0.25) is 0 Å². The zero-order valence-electron chi connectivity index (χ0n) is 24.3. The van der Waals surface area contributed by atoms with E-state index in [2.05, 4.69) is 32.9 Å². The SMILES string of the molecule is CCCCCCOc1cc(C(=O)OCC2CC3C=CC2C3)cc(OCCCCCC)c1OCCCCCC. The van der Waals surface area contributed by atoms with E-state index in [1.54, 1.807) is 12.1 Å². The predicted molar refractivity (Wildman–Crippen MR) is 154 cm³/mol. The Morgan fingerprint density at radius 2 is 1.26 bits per heavy atom. The number of carbonyl (C=O) groups is 1. The smallest absolute Gasteiger partial charge is 0.338 e. The molecule has 1 aromatic rings. The number of fused-ring (bicyclic) bond motifs is 2. The zero-order valence-corrected chi connectivity index (χ0v) is 24.3. The minimum absolute atomic E-state index is 0.307. The van der Waals surface area contributed by atoms with Gasteiger partial charge in [0, 0.05) is 0 Å². The molecule has 5 heteroatoms. The fourth-order valence-corrected chi connectivity index (χ4v) is 5.53. The minimum Gasteiger partial charge on any atom is -0.490 e. The molecule has 0 saturated heterocycles. The minimum atomic E-state index is -0.307. The Bertz CT molecular complexity index is 813. The van der Waals surface area contributed by atoms with E-state index in [0.29, 0.717) is 67.0 Å². The van der Waals surface area contributed by atoms with Crippen LogP contribution >= 0.6 is 0 Å². The molecule has 5 nitrogen and oxygen atoms in total. The molecule has 214 valence electrons. The van der Waals surface area contributed by atoms with Crippen molar-refractivity contribution in [1.82, 2.24) is 0 Å². The summed E-state index contributed by atoms with van der Waals surface area (Å²) in [5.74, 6) is 3.16. The Hall–Kier alpha value is -2.17. The number of ether oxygens (including phenoxy) is 4. The van der Waals surface area contributed by atoms with Gasteiger partial charge in [0.15, 0.2) is 11.5 Å². The number of rotatable bonds is 21. The monoisotopic (exact) mass is 528 g/mol. The summed E-state index contributed by atoms with van der Waals surface area (Å²) >= 11 is 0. The van der Waals surface area contributed by atoms with Crippen LogP contribution in [0, 0.1) is 17.8 Å². The van der Waals surface area contributed by atoms with E-state index in [4.69, 9.17) is 18.9 Å². The lowest BCUT2D eigenvalue weighted by molar-refractivity contribution is 0.0419. The highest BCUT2D eigenvalue weighted by Crippen LogP contribution is 2.44. The average Bonchev–Trinajstić information content (AvgIpc) is 3.56. The lowest BCUT2D eigenvalue weighted by atomic mass is 9.95.